The summed E-state index contributed by atoms with van der Waals surface area (Å²) in [6.07, 6.45) is 2.74. The average molecular weight is 342 g/mol. The average Bonchev–Trinajstić information content (AvgIpc) is 2.77. The van der Waals surface area contributed by atoms with E-state index < -0.39 is 17.5 Å². The van der Waals surface area contributed by atoms with Crippen LogP contribution in [0, 0.1) is 6.92 Å². The highest BCUT2D eigenvalue weighted by Crippen LogP contribution is 2.28. The molecule has 1 aliphatic heterocycles. The smallest absolute Gasteiger partial charge is 0.330 e. The van der Waals surface area contributed by atoms with Crippen LogP contribution in [-0.2, 0) is 4.79 Å². The molecule has 1 aliphatic rings. The fraction of sp³-hybridized carbons (Fsp3) is 0.294. The predicted octanol–water partition coefficient (Wildman–Crippen LogP) is 2.42. The minimum absolute atomic E-state index is 0.102. The van der Waals surface area contributed by atoms with Gasteiger partial charge in [-0.05, 0) is 32.4 Å². The van der Waals surface area contributed by atoms with Crippen molar-refractivity contribution in [2.75, 3.05) is 12.0 Å². The lowest BCUT2D eigenvalue weighted by atomic mass is 10.1. The van der Waals surface area contributed by atoms with Gasteiger partial charge in [0.25, 0.3) is 5.91 Å². The van der Waals surface area contributed by atoms with Gasteiger partial charge in [0.2, 0.25) is 5.88 Å². The molecule has 0 saturated carbocycles. The fourth-order valence-electron chi connectivity index (χ4n) is 2.44. The van der Waals surface area contributed by atoms with Crippen molar-refractivity contribution >= 4 is 17.8 Å². The molecule has 3 amide bonds. The molecule has 25 heavy (non-hydrogen) atoms. The van der Waals surface area contributed by atoms with Crippen LogP contribution < -0.4 is 19.7 Å². The first kappa shape index (κ1) is 16.7. The number of imide groups is 1. The van der Waals surface area contributed by atoms with Crippen molar-refractivity contribution in [2.24, 2.45) is 0 Å². The second-order valence-corrected chi connectivity index (χ2v) is 6.14. The van der Waals surface area contributed by atoms with Crippen LogP contribution >= 0.6 is 0 Å². The lowest BCUT2D eigenvalue weighted by Gasteiger charge is -2.15. The fourth-order valence-corrected chi connectivity index (χ4v) is 2.44. The van der Waals surface area contributed by atoms with Gasteiger partial charge in [0, 0.05) is 6.07 Å². The normalized spacial score (nSPS) is 15.9. The molecular formula is C17H18N4O4. The highest BCUT2D eigenvalue weighted by atomic mass is 16.5. The maximum Gasteiger partial charge on any atom is 0.330 e. The predicted molar refractivity (Wildman–Crippen MR) is 89.9 cm³/mol. The van der Waals surface area contributed by atoms with Crippen LogP contribution in [0.4, 0.5) is 10.6 Å². The van der Waals surface area contributed by atoms with E-state index in [1.54, 1.807) is 33.1 Å². The third kappa shape index (κ3) is 3.10. The van der Waals surface area contributed by atoms with Gasteiger partial charge in [0.1, 0.15) is 17.0 Å². The summed E-state index contributed by atoms with van der Waals surface area (Å²) in [5, 5.41) is 2.59. The maximum atomic E-state index is 12.3. The maximum absolute atomic E-state index is 12.3. The highest BCUT2D eigenvalue weighted by molar-refractivity contribution is 6.22. The van der Waals surface area contributed by atoms with Gasteiger partial charge in [0.15, 0.2) is 5.82 Å². The quantitative estimate of drug-likeness (QED) is 0.858. The number of rotatable bonds is 4. The van der Waals surface area contributed by atoms with E-state index in [1.807, 2.05) is 13.0 Å². The summed E-state index contributed by atoms with van der Waals surface area (Å²) in [6, 6.07) is 4.80. The van der Waals surface area contributed by atoms with Gasteiger partial charge < -0.3 is 14.8 Å². The molecule has 0 radical (unpaired) electrons. The monoisotopic (exact) mass is 342 g/mol. The lowest BCUT2D eigenvalue weighted by Crippen LogP contribution is -2.40. The molecule has 0 unspecified atom stereocenters. The molecule has 1 aromatic heterocycles. The number of aryl methyl sites for hydroxylation is 1. The first-order chi connectivity index (χ1) is 11.8. The number of ether oxygens (including phenoxy) is 2. The number of anilines is 1. The molecule has 0 aliphatic carbocycles. The van der Waals surface area contributed by atoms with Crippen molar-refractivity contribution in [2.45, 2.75) is 26.3 Å². The molecular weight excluding hydrogens is 324 g/mol. The molecule has 0 atom stereocenters. The van der Waals surface area contributed by atoms with E-state index in [1.165, 1.54) is 12.4 Å². The number of aromatic nitrogens is 2. The summed E-state index contributed by atoms with van der Waals surface area (Å²) in [4.78, 5) is 33.6. The zero-order chi connectivity index (χ0) is 18.2. The van der Waals surface area contributed by atoms with Crippen LogP contribution in [0.25, 0.3) is 0 Å². The Balaban J connectivity index is 1.88. The molecule has 8 heteroatoms. The molecule has 1 fully saturated rings. The van der Waals surface area contributed by atoms with Gasteiger partial charge in [0.05, 0.1) is 19.5 Å². The number of carbonyl (C=O) groups is 2. The number of hydrogen-bond acceptors (Lipinski definition) is 6. The number of carbonyl (C=O) groups excluding carboxylic acids is 2. The zero-order valence-electron chi connectivity index (χ0n) is 14.4. The summed E-state index contributed by atoms with van der Waals surface area (Å²) >= 11 is 0. The van der Waals surface area contributed by atoms with Crippen LogP contribution in [-0.4, -0.2) is 34.6 Å². The summed E-state index contributed by atoms with van der Waals surface area (Å²) in [5.74, 6) is 1.04. The number of urea groups is 1. The number of nitrogens with zero attached hydrogens (tertiary/aromatic N) is 3. The Kier molecular flexibility index (Phi) is 4.03. The van der Waals surface area contributed by atoms with Crippen LogP contribution in [0.5, 0.6) is 17.4 Å². The third-order valence-electron chi connectivity index (χ3n) is 3.79. The van der Waals surface area contributed by atoms with Gasteiger partial charge in [-0.3, -0.25) is 9.78 Å². The molecule has 0 bridgehead atoms. The number of benzene rings is 1. The molecule has 2 aromatic rings. The molecule has 0 spiro atoms. The van der Waals surface area contributed by atoms with Crippen molar-refractivity contribution in [1.82, 2.24) is 15.3 Å². The van der Waals surface area contributed by atoms with Gasteiger partial charge in [-0.15, -0.1) is 0 Å². The summed E-state index contributed by atoms with van der Waals surface area (Å²) < 4.78 is 10.9. The van der Waals surface area contributed by atoms with Crippen molar-refractivity contribution in [3.63, 3.8) is 0 Å². The van der Waals surface area contributed by atoms with Gasteiger partial charge in [-0.25, -0.2) is 9.69 Å². The van der Waals surface area contributed by atoms with E-state index in [4.69, 9.17) is 9.47 Å². The van der Waals surface area contributed by atoms with Crippen molar-refractivity contribution in [3.8, 4) is 17.4 Å². The van der Waals surface area contributed by atoms with Gasteiger partial charge in [-0.1, -0.05) is 6.07 Å². The lowest BCUT2D eigenvalue weighted by molar-refractivity contribution is -0.121. The Labute approximate surface area is 144 Å². The topological polar surface area (TPSA) is 93.7 Å². The Morgan fingerprint density at radius 1 is 1.20 bits per heavy atom. The number of amides is 3. The SMILES string of the molecule is COc1cc(Oc2cncc(N3C(=O)NC(C)(C)C3=O)n2)ccc1C. The minimum atomic E-state index is -0.986. The van der Waals surface area contributed by atoms with Crippen LogP contribution in [0.1, 0.15) is 19.4 Å². The van der Waals surface area contributed by atoms with E-state index >= 15 is 0 Å². The molecule has 1 N–H and O–H groups in total. The van der Waals surface area contributed by atoms with Crippen molar-refractivity contribution < 1.29 is 19.1 Å². The number of methoxy groups -OCH3 is 1. The Morgan fingerprint density at radius 2 is 1.96 bits per heavy atom. The summed E-state index contributed by atoms with van der Waals surface area (Å²) in [7, 11) is 1.58. The number of hydrogen-bond donors (Lipinski definition) is 1. The third-order valence-corrected chi connectivity index (χ3v) is 3.79. The van der Waals surface area contributed by atoms with E-state index in [9.17, 15) is 9.59 Å². The second-order valence-electron chi connectivity index (χ2n) is 6.14. The van der Waals surface area contributed by atoms with Gasteiger partial charge >= 0.3 is 6.03 Å². The summed E-state index contributed by atoms with van der Waals surface area (Å²) in [6.45, 7) is 5.17. The van der Waals surface area contributed by atoms with E-state index in [-0.39, 0.29) is 11.7 Å². The Morgan fingerprint density at radius 3 is 2.60 bits per heavy atom. The van der Waals surface area contributed by atoms with Crippen LogP contribution in [0.15, 0.2) is 30.6 Å². The van der Waals surface area contributed by atoms with E-state index in [2.05, 4.69) is 15.3 Å². The molecule has 3 rings (SSSR count). The zero-order valence-corrected chi connectivity index (χ0v) is 14.4. The second kappa shape index (κ2) is 6.04. The molecule has 8 nitrogen and oxygen atoms in total. The Hall–Kier alpha value is -3.16. The molecule has 2 heterocycles. The van der Waals surface area contributed by atoms with Gasteiger partial charge in [-0.2, -0.15) is 4.98 Å². The molecule has 130 valence electrons. The Bertz CT molecular complexity index is 850. The van der Waals surface area contributed by atoms with Crippen LogP contribution in [0.3, 0.4) is 0 Å². The first-order valence-electron chi connectivity index (χ1n) is 7.63. The van der Waals surface area contributed by atoms with Crippen molar-refractivity contribution in [1.29, 1.82) is 0 Å². The van der Waals surface area contributed by atoms with E-state index in [0.717, 1.165) is 10.5 Å². The first-order valence-corrected chi connectivity index (χ1v) is 7.63. The summed E-state index contributed by atoms with van der Waals surface area (Å²) in [5.41, 5.74) is -0.0174. The van der Waals surface area contributed by atoms with E-state index in [0.29, 0.717) is 11.5 Å². The molecule has 1 saturated heterocycles. The van der Waals surface area contributed by atoms with Crippen LogP contribution in [0.2, 0.25) is 0 Å². The highest BCUT2D eigenvalue weighted by Gasteiger charge is 2.45. The largest absolute Gasteiger partial charge is 0.496 e. The molecule has 1 aromatic carbocycles. The number of nitrogens with one attached hydrogen (secondary N) is 1. The van der Waals surface area contributed by atoms with Crippen molar-refractivity contribution in [3.05, 3.63) is 36.2 Å². The minimum Gasteiger partial charge on any atom is -0.496 e. The standard InChI is InChI=1S/C17H18N4O4/c1-10-5-6-11(7-12(10)24-4)25-14-9-18-8-13(19-14)21-15(22)17(2,3)20-16(21)23/h5-9H,1-4H3,(H,20,23).